The minimum Gasteiger partial charge on any atom is -0.311 e. The van der Waals surface area contributed by atoms with Crippen molar-refractivity contribution in [3.63, 3.8) is 0 Å². The van der Waals surface area contributed by atoms with Crippen molar-refractivity contribution in [2.75, 3.05) is 22.9 Å². The molecule has 3 unspecified atom stereocenters. The van der Waals surface area contributed by atoms with Crippen molar-refractivity contribution >= 4 is 50.5 Å². The zero-order valence-corrected chi connectivity index (χ0v) is 30.2. The predicted molar refractivity (Wildman–Crippen MR) is 192 cm³/mol. The van der Waals surface area contributed by atoms with E-state index in [1.165, 1.54) is 103 Å². The van der Waals surface area contributed by atoms with Crippen molar-refractivity contribution in [3.8, 4) is 0 Å². The Kier molecular flexibility index (Phi) is 14.8. The van der Waals surface area contributed by atoms with Gasteiger partial charge in [-0.3, -0.25) is 9.59 Å². The number of benzene rings is 1. The monoisotopic (exact) mass is 684 g/mol. The molecule has 3 heterocycles. The molecule has 0 bridgehead atoms. The van der Waals surface area contributed by atoms with Gasteiger partial charge in [-0.1, -0.05) is 139 Å². The fourth-order valence-electron chi connectivity index (χ4n) is 7.35. The van der Waals surface area contributed by atoms with Crippen LogP contribution in [0.25, 0.3) is 0 Å². The van der Waals surface area contributed by atoms with Crippen LogP contribution in [0.4, 0.5) is 11.4 Å². The molecule has 3 atom stereocenters. The van der Waals surface area contributed by atoms with Crippen LogP contribution >= 0.6 is 27.3 Å². The van der Waals surface area contributed by atoms with Crippen LogP contribution in [0.1, 0.15) is 159 Å². The molecule has 44 heavy (non-hydrogen) atoms. The Morgan fingerprint density at radius 2 is 1.25 bits per heavy atom. The predicted octanol–water partition coefficient (Wildman–Crippen LogP) is 11.8. The van der Waals surface area contributed by atoms with Gasteiger partial charge in [0.2, 0.25) is 11.8 Å². The molecule has 0 radical (unpaired) electrons. The van der Waals surface area contributed by atoms with Crippen LogP contribution in [0.3, 0.4) is 0 Å². The Balaban J connectivity index is 1.50. The van der Waals surface area contributed by atoms with Gasteiger partial charge in [0, 0.05) is 28.1 Å². The van der Waals surface area contributed by atoms with Crippen molar-refractivity contribution in [2.45, 2.75) is 148 Å². The topological polar surface area (TPSA) is 40.6 Å². The number of rotatable bonds is 22. The van der Waals surface area contributed by atoms with Crippen LogP contribution in [0.15, 0.2) is 34.1 Å². The quantitative estimate of drug-likeness (QED) is 0.116. The molecule has 0 aliphatic carbocycles. The molecule has 4 nitrogen and oxygen atoms in total. The van der Waals surface area contributed by atoms with E-state index in [0.717, 1.165) is 52.2 Å². The first-order valence-corrected chi connectivity index (χ1v) is 19.7. The van der Waals surface area contributed by atoms with Crippen molar-refractivity contribution in [2.24, 2.45) is 5.92 Å². The van der Waals surface area contributed by atoms with Crippen LogP contribution in [-0.4, -0.2) is 24.9 Å². The molecular formula is C38H57BrN2O2S. The number of amides is 2. The summed E-state index contributed by atoms with van der Waals surface area (Å²) in [6, 6.07) is 8.36. The third kappa shape index (κ3) is 8.99. The van der Waals surface area contributed by atoms with E-state index in [9.17, 15) is 9.59 Å². The summed E-state index contributed by atoms with van der Waals surface area (Å²) in [4.78, 5) is 33.8. The average Bonchev–Trinajstić information content (AvgIpc) is 3.66. The molecule has 2 aliphatic heterocycles. The second kappa shape index (κ2) is 18.5. The van der Waals surface area contributed by atoms with E-state index in [1.54, 1.807) is 11.3 Å². The normalized spacial score (nSPS) is 18.4. The highest BCUT2D eigenvalue weighted by molar-refractivity contribution is 9.10. The lowest BCUT2D eigenvalue weighted by Crippen LogP contribution is -2.38. The number of halogens is 1. The first-order chi connectivity index (χ1) is 21.5. The van der Waals surface area contributed by atoms with Gasteiger partial charge in [-0.2, -0.15) is 0 Å². The van der Waals surface area contributed by atoms with E-state index in [0.29, 0.717) is 5.92 Å². The Labute approximate surface area is 280 Å². The molecule has 2 aliphatic rings. The summed E-state index contributed by atoms with van der Waals surface area (Å²) in [6.45, 7) is 8.30. The van der Waals surface area contributed by atoms with E-state index in [4.69, 9.17) is 0 Å². The third-order valence-electron chi connectivity index (χ3n) is 9.87. The fourth-order valence-corrected chi connectivity index (χ4v) is 8.72. The number of fused-ring (bicyclic) bond motifs is 2. The second-order valence-corrected chi connectivity index (χ2v) is 15.2. The van der Waals surface area contributed by atoms with Gasteiger partial charge in [0.05, 0.1) is 17.5 Å². The molecule has 244 valence electrons. The Bertz CT molecular complexity index is 1180. The fraction of sp³-hybridized carbons (Fsp3) is 0.684. The number of unbranched alkanes of at least 4 members (excludes halogenated alkanes) is 13. The summed E-state index contributed by atoms with van der Waals surface area (Å²) in [6.07, 6.45) is 22.4. The van der Waals surface area contributed by atoms with Gasteiger partial charge in [-0.05, 0) is 54.3 Å². The molecule has 1 aromatic carbocycles. The molecular weight excluding hydrogens is 628 g/mol. The number of hydrogen-bond acceptors (Lipinski definition) is 3. The van der Waals surface area contributed by atoms with E-state index in [2.05, 4.69) is 65.2 Å². The minimum atomic E-state index is -0.438. The lowest BCUT2D eigenvalue weighted by molar-refractivity contribution is -0.125. The molecule has 6 heteroatoms. The van der Waals surface area contributed by atoms with Gasteiger partial charge >= 0.3 is 0 Å². The average molecular weight is 686 g/mol. The van der Waals surface area contributed by atoms with E-state index in [-0.39, 0.29) is 11.8 Å². The standard InChI is InChI=1S/C38H57BrN2O2S/c1-4-7-10-13-15-18-21-29(20-17-12-9-6-3)28-41-33-27-30(39)22-23-31(33)34(37(41)42)35-36-32(24-26-44-36)40(38(35)43)25-19-16-14-11-8-5-2/h22-24,26-27,29,34-35H,4-21,25,28H2,1-3H3. The molecule has 0 N–H and O–H groups in total. The van der Waals surface area contributed by atoms with Crippen LogP contribution < -0.4 is 9.80 Å². The molecule has 0 fully saturated rings. The van der Waals surface area contributed by atoms with Crippen LogP contribution in [0.5, 0.6) is 0 Å². The van der Waals surface area contributed by atoms with Crippen molar-refractivity contribution in [1.29, 1.82) is 0 Å². The smallest absolute Gasteiger partial charge is 0.236 e. The zero-order valence-electron chi connectivity index (χ0n) is 27.8. The van der Waals surface area contributed by atoms with Crippen molar-refractivity contribution < 1.29 is 9.59 Å². The van der Waals surface area contributed by atoms with Gasteiger partial charge in [0.25, 0.3) is 0 Å². The van der Waals surface area contributed by atoms with Crippen LogP contribution in [-0.2, 0) is 9.59 Å². The molecule has 2 aromatic rings. The lowest BCUT2D eigenvalue weighted by Gasteiger charge is -2.26. The highest BCUT2D eigenvalue weighted by atomic mass is 79.9. The van der Waals surface area contributed by atoms with Gasteiger partial charge in [0.1, 0.15) is 0 Å². The number of thiophene rings is 1. The maximum Gasteiger partial charge on any atom is 0.236 e. The number of carbonyl (C=O) groups is 2. The number of carbonyl (C=O) groups excluding carboxylic acids is 2. The van der Waals surface area contributed by atoms with E-state index < -0.39 is 11.8 Å². The molecule has 2 amide bonds. The van der Waals surface area contributed by atoms with Gasteiger partial charge in [-0.25, -0.2) is 0 Å². The largest absolute Gasteiger partial charge is 0.311 e. The summed E-state index contributed by atoms with van der Waals surface area (Å²) in [5, 5.41) is 2.10. The van der Waals surface area contributed by atoms with Gasteiger partial charge in [-0.15, -0.1) is 11.3 Å². The van der Waals surface area contributed by atoms with E-state index in [1.807, 2.05) is 11.0 Å². The highest BCUT2D eigenvalue weighted by Gasteiger charge is 2.51. The van der Waals surface area contributed by atoms with Crippen LogP contribution in [0, 0.1) is 5.92 Å². The van der Waals surface area contributed by atoms with Crippen molar-refractivity contribution in [1.82, 2.24) is 0 Å². The number of nitrogens with zero attached hydrogens (tertiary/aromatic N) is 2. The summed E-state index contributed by atoms with van der Waals surface area (Å²) in [5.74, 6) is -0.110. The SMILES string of the molecule is CCCCCCCCC(CCCCCC)CN1C(=O)C(C2C(=O)N(CCCCCCCC)c3ccsc32)c2ccc(Br)cc21. The van der Waals surface area contributed by atoms with Gasteiger partial charge < -0.3 is 9.80 Å². The van der Waals surface area contributed by atoms with Gasteiger partial charge in [0.15, 0.2) is 0 Å². The molecule has 0 saturated carbocycles. The van der Waals surface area contributed by atoms with Crippen LogP contribution in [0.2, 0.25) is 0 Å². The molecule has 4 rings (SSSR count). The zero-order chi connectivity index (χ0) is 31.3. The highest BCUT2D eigenvalue weighted by Crippen LogP contribution is 2.53. The van der Waals surface area contributed by atoms with E-state index >= 15 is 0 Å². The lowest BCUT2D eigenvalue weighted by atomic mass is 9.86. The van der Waals surface area contributed by atoms with Crippen molar-refractivity contribution in [3.05, 3.63) is 44.6 Å². The maximum absolute atomic E-state index is 14.5. The Morgan fingerprint density at radius 1 is 0.682 bits per heavy atom. The number of hydrogen-bond donors (Lipinski definition) is 0. The second-order valence-electron chi connectivity index (χ2n) is 13.3. The number of anilines is 2. The first kappa shape index (κ1) is 35.2. The summed E-state index contributed by atoms with van der Waals surface area (Å²) in [7, 11) is 0. The third-order valence-corrected chi connectivity index (χ3v) is 11.4. The maximum atomic E-state index is 14.5. The first-order valence-electron chi connectivity index (χ1n) is 18.0. The summed E-state index contributed by atoms with van der Waals surface area (Å²) in [5.41, 5.74) is 3.08. The summed E-state index contributed by atoms with van der Waals surface area (Å²) < 4.78 is 0.990. The summed E-state index contributed by atoms with van der Waals surface area (Å²) >= 11 is 5.35. The Hall–Kier alpha value is -1.66. The minimum absolute atomic E-state index is 0.123. The Morgan fingerprint density at radius 3 is 1.91 bits per heavy atom. The molecule has 0 spiro atoms. The molecule has 0 saturated heterocycles. The molecule has 1 aromatic heterocycles.